The molecular formula is C22H22ClN3O. The quantitative estimate of drug-likeness (QED) is 0.735. The van der Waals surface area contributed by atoms with Gasteiger partial charge in [0.1, 0.15) is 0 Å². The number of hydrogen-bond acceptors (Lipinski definition) is 3. The average Bonchev–Trinajstić information content (AvgIpc) is 2.69. The Kier molecular flexibility index (Phi) is 5.37. The zero-order valence-corrected chi connectivity index (χ0v) is 15.8. The lowest BCUT2D eigenvalue weighted by Crippen LogP contribution is -2.44. The van der Waals surface area contributed by atoms with E-state index in [4.69, 9.17) is 11.6 Å². The highest BCUT2D eigenvalue weighted by Gasteiger charge is 2.22. The van der Waals surface area contributed by atoms with Gasteiger partial charge in [-0.05, 0) is 36.6 Å². The van der Waals surface area contributed by atoms with E-state index in [1.54, 1.807) is 12.3 Å². The third-order valence-corrected chi connectivity index (χ3v) is 5.30. The average molecular weight is 380 g/mol. The molecule has 0 radical (unpaired) electrons. The molecule has 4 rings (SSSR count). The number of amides is 1. The number of aromatic nitrogens is 1. The van der Waals surface area contributed by atoms with Crippen LogP contribution in [-0.4, -0.2) is 34.9 Å². The van der Waals surface area contributed by atoms with Crippen molar-refractivity contribution in [1.82, 2.24) is 15.2 Å². The molecule has 3 aromatic rings. The molecule has 0 aliphatic carbocycles. The van der Waals surface area contributed by atoms with E-state index in [9.17, 15) is 4.79 Å². The topological polar surface area (TPSA) is 45.2 Å². The summed E-state index contributed by atoms with van der Waals surface area (Å²) < 4.78 is 0. The first kappa shape index (κ1) is 18.0. The molecule has 5 heteroatoms. The van der Waals surface area contributed by atoms with Gasteiger partial charge in [0.15, 0.2) is 0 Å². The van der Waals surface area contributed by atoms with Gasteiger partial charge in [-0.25, -0.2) is 0 Å². The van der Waals surface area contributed by atoms with Crippen molar-refractivity contribution >= 4 is 28.4 Å². The molecule has 27 heavy (non-hydrogen) atoms. The molecule has 138 valence electrons. The summed E-state index contributed by atoms with van der Waals surface area (Å²) in [4.78, 5) is 19.6. The van der Waals surface area contributed by atoms with Crippen LogP contribution in [0.15, 0.2) is 60.8 Å². The predicted molar refractivity (Wildman–Crippen MR) is 109 cm³/mol. The molecule has 2 aromatic carbocycles. The largest absolute Gasteiger partial charge is 0.349 e. The zero-order valence-electron chi connectivity index (χ0n) is 15.1. The number of nitrogens with one attached hydrogen (secondary N) is 1. The number of carbonyl (C=O) groups excluding carboxylic acids is 1. The third-order valence-electron chi connectivity index (χ3n) is 5.09. The van der Waals surface area contributed by atoms with Gasteiger partial charge < -0.3 is 5.32 Å². The molecule has 0 bridgehead atoms. The maximum absolute atomic E-state index is 12.8. The summed E-state index contributed by atoms with van der Waals surface area (Å²) in [7, 11) is 0. The third kappa shape index (κ3) is 4.29. The minimum atomic E-state index is -0.0947. The van der Waals surface area contributed by atoms with Gasteiger partial charge in [-0.15, -0.1) is 0 Å². The lowest BCUT2D eigenvalue weighted by atomic mass is 10.0. The van der Waals surface area contributed by atoms with Gasteiger partial charge in [0, 0.05) is 42.3 Å². The molecule has 0 atom stereocenters. The van der Waals surface area contributed by atoms with Gasteiger partial charge in [-0.3, -0.25) is 14.7 Å². The van der Waals surface area contributed by atoms with Crippen molar-refractivity contribution in [2.24, 2.45) is 0 Å². The Labute approximate surface area is 164 Å². The smallest absolute Gasteiger partial charge is 0.253 e. The zero-order chi connectivity index (χ0) is 18.6. The lowest BCUT2D eigenvalue weighted by Gasteiger charge is -2.32. The van der Waals surface area contributed by atoms with Crippen LogP contribution in [0.4, 0.5) is 0 Å². The van der Waals surface area contributed by atoms with E-state index in [0.29, 0.717) is 16.1 Å². The second-order valence-electron chi connectivity index (χ2n) is 7.04. The number of piperidine rings is 1. The van der Waals surface area contributed by atoms with Crippen molar-refractivity contribution in [3.05, 3.63) is 76.9 Å². The van der Waals surface area contributed by atoms with E-state index in [-0.39, 0.29) is 11.9 Å². The van der Waals surface area contributed by atoms with Crippen LogP contribution in [0.25, 0.3) is 10.9 Å². The van der Waals surface area contributed by atoms with E-state index >= 15 is 0 Å². The number of carbonyl (C=O) groups is 1. The van der Waals surface area contributed by atoms with Crippen molar-refractivity contribution in [3.63, 3.8) is 0 Å². The fraction of sp³-hybridized carbons (Fsp3) is 0.273. The molecule has 0 saturated carbocycles. The van der Waals surface area contributed by atoms with Crippen LogP contribution in [0.2, 0.25) is 5.02 Å². The minimum absolute atomic E-state index is 0.0947. The van der Waals surface area contributed by atoms with Crippen LogP contribution < -0.4 is 5.32 Å². The second kappa shape index (κ2) is 8.07. The van der Waals surface area contributed by atoms with Crippen LogP contribution in [0.1, 0.15) is 28.8 Å². The number of hydrogen-bond donors (Lipinski definition) is 1. The monoisotopic (exact) mass is 379 g/mol. The van der Waals surface area contributed by atoms with Gasteiger partial charge in [0.25, 0.3) is 5.91 Å². The van der Waals surface area contributed by atoms with Gasteiger partial charge >= 0.3 is 0 Å². The summed E-state index contributed by atoms with van der Waals surface area (Å²) >= 11 is 6.19. The molecule has 0 spiro atoms. The Morgan fingerprint density at radius 2 is 1.89 bits per heavy atom. The molecule has 2 heterocycles. The summed E-state index contributed by atoms with van der Waals surface area (Å²) in [5.41, 5.74) is 2.57. The number of benzene rings is 2. The van der Waals surface area contributed by atoms with Crippen LogP contribution >= 0.6 is 11.6 Å². The Hall–Kier alpha value is -2.43. The van der Waals surface area contributed by atoms with Crippen molar-refractivity contribution < 1.29 is 4.79 Å². The number of halogens is 1. The first-order chi connectivity index (χ1) is 13.2. The Morgan fingerprint density at radius 3 is 2.67 bits per heavy atom. The number of nitrogens with zero attached hydrogens (tertiary/aromatic N) is 2. The van der Waals surface area contributed by atoms with E-state index in [1.165, 1.54) is 5.56 Å². The summed E-state index contributed by atoms with van der Waals surface area (Å²) in [5.74, 6) is -0.0947. The van der Waals surface area contributed by atoms with E-state index in [2.05, 4.69) is 39.5 Å². The second-order valence-corrected chi connectivity index (χ2v) is 7.47. The molecule has 1 N–H and O–H groups in total. The lowest BCUT2D eigenvalue weighted by molar-refractivity contribution is 0.0910. The Morgan fingerprint density at radius 1 is 1.11 bits per heavy atom. The van der Waals surface area contributed by atoms with E-state index < -0.39 is 0 Å². The van der Waals surface area contributed by atoms with Gasteiger partial charge in [0.05, 0.1) is 11.1 Å². The first-order valence-corrected chi connectivity index (χ1v) is 9.68. The first-order valence-electron chi connectivity index (χ1n) is 9.30. The fourth-order valence-corrected chi connectivity index (χ4v) is 3.90. The molecule has 1 aliphatic rings. The normalized spacial score (nSPS) is 15.7. The molecule has 1 aliphatic heterocycles. The predicted octanol–water partition coefficient (Wildman–Crippen LogP) is 4.28. The molecular weight excluding hydrogens is 358 g/mol. The van der Waals surface area contributed by atoms with Gasteiger partial charge in [0.2, 0.25) is 0 Å². The van der Waals surface area contributed by atoms with E-state index in [0.717, 1.165) is 37.9 Å². The van der Waals surface area contributed by atoms with Crippen LogP contribution in [-0.2, 0) is 6.54 Å². The highest BCUT2D eigenvalue weighted by Crippen LogP contribution is 2.23. The molecule has 1 amide bonds. The maximum Gasteiger partial charge on any atom is 0.253 e. The van der Waals surface area contributed by atoms with Gasteiger partial charge in [-0.1, -0.05) is 48.0 Å². The summed E-state index contributed by atoms with van der Waals surface area (Å²) in [6, 6.07) is 18.0. The molecule has 1 saturated heterocycles. The highest BCUT2D eigenvalue weighted by atomic mass is 35.5. The highest BCUT2D eigenvalue weighted by molar-refractivity contribution is 6.32. The number of rotatable bonds is 4. The van der Waals surface area contributed by atoms with E-state index in [1.807, 2.05) is 24.3 Å². The van der Waals surface area contributed by atoms with Gasteiger partial charge in [-0.2, -0.15) is 0 Å². The van der Waals surface area contributed by atoms with Crippen LogP contribution in [0.5, 0.6) is 0 Å². The molecule has 0 unspecified atom stereocenters. The Bertz CT molecular complexity index is 937. The summed E-state index contributed by atoms with van der Waals surface area (Å²) in [6.07, 6.45) is 3.60. The number of fused-ring (bicyclic) bond motifs is 1. The fourth-order valence-electron chi connectivity index (χ4n) is 3.67. The molecule has 4 nitrogen and oxygen atoms in total. The summed E-state index contributed by atoms with van der Waals surface area (Å²) in [6.45, 7) is 2.92. The molecule has 1 fully saturated rings. The van der Waals surface area contributed by atoms with Crippen LogP contribution in [0.3, 0.4) is 0 Å². The number of pyridine rings is 1. The van der Waals surface area contributed by atoms with Crippen molar-refractivity contribution in [2.45, 2.75) is 25.4 Å². The SMILES string of the molecule is O=C(NC1CCN(Cc2ccccc2)CC1)c1cc(Cl)cc2cccnc12. The van der Waals surface area contributed by atoms with Crippen molar-refractivity contribution in [2.75, 3.05) is 13.1 Å². The Balaban J connectivity index is 1.39. The maximum atomic E-state index is 12.8. The minimum Gasteiger partial charge on any atom is -0.349 e. The van der Waals surface area contributed by atoms with Crippen molar-refractivity contribution in [1.29, 1.82) is 0 Å². The number of likely N-dealkylation sites (tertiary alicyclic amines) is 1. The van der Waals surface area contributed by atoms with Crippen LogP contribution in [0, 0.1) is 0 Å². The standard InChI is InChI=1S/C22H22ClN3O/c23-18-13-17-7-4-10-24-21(17)20(14-18)22(27)25-19-8-11-26(12-9-19)15-16-5-2-1-3-6-16/h1-7,10,13-14,19H,8-9,11-12,15H2,(H,25,27). The molecule has 1 aromatic heterocycles. The van der Waals surface area contributed by atoms with Crippen molar-refractivity contribution in [3.8, 4) is 0 Å². The summed E-state index contributed by atoms with van der Waals surface area (Å²) in [5, 5.41) is 4.61.